The Morgan fingerprint density at radius 2 is 1.92 bits per heavy atom. The number of carbonyl (C=O) groups excluding carboxylic acids is 1. The van der Waals surface area contributed by atoms with Gasteiger partial charge in [0.25, 0.3) is 0 Å². The van der Waals surface area contributed by atoms with E-state index in [2.05, 4.69) is 0 Å². The minimum Gasteiger partial charge on any atom is -0.424 e. The summed E-state index contributed by atoms with van der Waals surface area (Å²) in [4.78, 5) is 11.4. The quantitative estimate of drug-likeness (QED) is 0.553. The molecule has 3 rings (SSSR count). The molecule has 0 aliphatic carbocycles. The Bertz CT molecular complexity index is 992. The van der Waals surface area contributed by atoms with E-state index in [4.69, 9.17) is 16.3 Å². The molecule has 0 unspecified atom stereocenters. The molecule has 26 heavy (non-hydrogen) atoms. The van der Waals surface area contributed by atoms with Crippen molar-refractivity contribution < 1.29 is 22.7 Å². The molecule has 3 aromatic rings. The molecule has 0 saturated carbocycles. The zero-order valence-electron chi connectivity index (χ0n) is 14.0. The highest BCUT2D eigenvalue weighted by Crippen LogP contribution is 2.36. The van der Waals surface area contributed by atoms with E-state index < -0.39 is 17.7 Å². The lowest BCUT2D eigenvalue weighted by Crippen LogP contribution is -2.08. The number of rotatable bonds is 3. The molecule has 0 saturated heterocycles. The molecule has 0 aliphatic heterocycles. The van der Waals surface area contributed by atoms with Crippen molar-refractivity contribution in [1.82, 2.24) is 4.57 Å². The first kappa shape index (κ1) is 18.3. The van der Waals surface area contributed by atoms with Crippen LogP contribution in [0.5, 0.6) is 5.75 Å². The predicted molar refractivity (Wildman–Crippen MR) is 93.5 cm³/mol. The van der Waals surface area contributed by atoms with Crippen LogP contribution in [0.15, 0.2) is 42.5 Å². The SMILES string of the molecule is CC(=O)Oc1c(C)n(Cc2cccc(C(F)(F)F)c2)c2ccc(Cl)cc12. The van der Waals surface area contributed by atoms with Crippen LogP contribution >= 0.6 is 11.6 Å². The third-order valence-electron chi connectivity index (χ3n) is 4.07. The van der Waals surface area contributed by atoms with Crippen LogP contribution in [-0.2, 0) is 17.5 Å². The van der Waals surface area contributed by atoms with Crippen LogP contribution < -0.4 is 4.74 Å². The summed E-state index contributed by atoms with van der Waals surface area (Å²) in [6.07, 6.45) is -4.40. The number of alkyl halides is 3. The number of carbonyl (C=O) groups is 1. The Labute approximate surface area is 152 Å². The van der Waals surface area contributed by atoms with E-state index >= 15 is 0 Å². The fraction of sp³-hybridized carbons (Fsp3) is 0.211. The Kier molecular flexibility index (Phi) is 4.71. The minimum atomic E-state index is -4.40. The Morgan fingerprint density at radius 1 is 1.19 bits per heavy atom. The van der Waals surface area contributed by atoms with Crippen molar-refractivity contribution in [2.45, 2.75) is 26.6 Å². The number of benzene rings is 2. The summed E-state index contributed by atoms with van der Waals surface area (Å²) in [6, 6.07) is 10.3. The van der Waals surface area contributed by atoms with Crippen LogP contribution in [0, 0.1) is 6.92 Å². The largest absolute Gasteiger partial charge is 0.424 e. The van der Waals surface area contributed by atoms with Gasteiger partial charge in [0.05, 0.1) is 16.8 Å². The summed E-state index contributed by atoms with van der Waals surface area (Å²) in [5, 5.41) is 1.11. The van der Waals surface area contributed by atoms with Crippen molar-refractivity contribution in [2.75, 3.05) is 0 Å². The first-order chi connectivity index (χ1) is 12.2. The number of nitrogens with zero attached hydrogens (tertiary/aromatic N) is 1. The van der Waals surface area contributed by atoms with Crippen LogP contribution in [-0.4, -0.2) is 10.5 Å². The van der Waals surface area contributed by atoms with Crippen LogP contribution in [0.4, 0.5) is 13.2 Å². The van der Waals surface area contributed by atoms with Crippen LogP contribution in [0.25, 0.3) is 10.9 Å². The average Bonchev–Trinajstić information content (AvgIpc) is 2.79. The molecule has 1 heterocycles. The maximum absolute atomic E-state index is 13.0. The summed E-state index contributed by atoms with van der Waals surface area (Å²) < 4.78 is 46.0. The predicted octanol–water partition coefficient (Wildman–Crippen LogP) is 5.60. The second kappa shape index (κ2) is 6.68. The number of ether oxygens (including phenoxy) is 1. The van der Waals surface area contributed by atoms with Gasteiger partial charge in [-0.3, -0.25) is 4.79 Å². The fourth-order valence-electron chi connectivity index (χ4n) is 2.93. The topological polar surface area (TPSA) is 31.2 Å². The maximum atomic E-state index is 13.0. The molecule has 0 atom stereocenters. The molecule has 0 amide bonds. The van der Waals surface area contributed by atoms with E-state index in [1.165, 1.54) is 13.0 Å². The molecule has 7 heteroatoms. The van der Waals surface area contributed by atoms with Gasteiger partial charge < -0.3 is 9.30 Å². The highest BCUT2D eigenvalue weighted by atomic mass is 35.5. The number of hydrogen-bond acceptors (Lipinski definition) is 2. The summed E-state index contributed by atoms with van der Waals surface area (Å²) in [7, 11) is 0. The smallest absolute Gasteiger partial charge is 0.416 e. The first-order valence-electron chi connectivity index (χ1n) is 7.79. The second-order valence-corrected chi connectivity index (χ2v) is 6.39. The van der Waals surface area contributed by atoms with Gasteiger partial charge in [0, 0.05) is 23.9 Å². The molecular weight excluding hydrogens is 367 g/mol. The average molecular weight is 382 g/mol. The Balaban J connectivity index is 2.11. The molecule has 136 valence electrons. The number of hydrogen-bond donors (Lipinski definition) is 0. The van der Waals surface area contributed by atoms with Crippen molar-refractivity contribution in [1.29, 1.82) is 0 Å². The second-order valence-electron chi connectivity index (χ2n) is 5.95. The number of esters is 1. The van der Waals surface area contributed by atoms with Gasteiger partial charge in [0.1, 0.15) is 0 Å². The zero-order chi connectivity index (χ0) is 19.1. The molecule has 0 bridgehead atoms. The van der Waals surface area contributed by atoms with E-state index in [1.54, 1.807) is 35.8 Å². The van der Waals surface area contributed by atoms with Gasteiger partial charge in [0.2, 0.25) is 0 Å². The van der Waals surface area contributed by atoms with Crippen molar-refractivity contribution in [3.63, 3.8) is 0 Å². The highest BCUT2D eigenvalue weighted by Gasteiger charge is 2.30. The lowest BCUT2D eigenvalue weighted by Gasteiger charge is -2.12. The lowest BCUT2D eigenvalue weighted by atomic mass is 10.1. The van der Waals surface area contributed by atoms with Gasteiger partial charge in [-0.05, 0) is 42.8 Å². The van der Waals surface area contributed by atoms with Crippen molar-refractivity contribution >= 4 is 28.5 Å². The third kappa shape index (κ3) is 3.55. The molecular formula is C19H15ClF3NO2. The molecule has 3 nitrogen and oxygen atoms in total. The van der Waals surface area contributed by atoms with E-state index in [1.807, 2.05) is 0 Å². The van der Waals surface area contributed by atoms with Gasteiger partial charge in [-0.25, -0.2) is 0 Å². The first-order valence-corrected chi connectivity index (χ1v) is 8.17. The number of halogens is 4. The standard InChI is InChI=1S/C19H15ClF3NO2/c1-11-18(26-12(2)25)16-9-15(20)6-7-17(16)24(11)10-13-4-3-5-14(8-13)19(21,22)23/h3-9H,10H2,1-2H3. The number of fused-ring (bicyclic) bond motifs is 1. The summed E-state index contributed by atoms with van der Waals surface area (Å²) >= 11 is 6.05. The summed E-state index contributed by atoms with van der Waals surface area (Å²) in [6.45, 7) is 3.24. The fourth-order valence-corrected chi connectivity index (χ4v) is 3.10. The van der Waals surface area contributed by atoms with Gasteiger partial charge in [0.15, 0.2) is 5.75 Å². The van der Waals surface area contributed by atoms with E-state index in [0.29, 0.717) is 27.4 Å². The normalized spacial score (nSPS) is 11.8. The molecule has 0 spiro atoms. The van der Waals surface area contributed by atoms with Crippen molar-refractivity contribution in [3.8, 4) is 5.75 Å². The maximum Gasteiger partial charge on any atom is 0.416 e. The van der Waals surface area contributed by atoms with Crippen LogP contribution in [0.1, 0.15) is 23.7 Å². The Morgan fingerprint density at radius 3 is 2.58 bits per heavy atom. The van der Waals surface area contributed by atoms with Gasteiger partial charge in [-0.2, -0.15) is 13.2 Å². The van der Waals surface area contributed by atoms with E-state index in [-0.39, 0.29) is 6.54 Å². The minimum absolute atomic E-state index is 0.204. The summed E-state index contributed by atoms with van der Waals surface area (Å²) in [5.74, 6) is -0.117. The van der Waals surface area contributed by atoms with Crippen LogP contribution in [0.2, 0.25) is 5.02 Å². The van der Waals surface area contributed by atoms with Crippen LogP contribution in [0.3, 0.4) is 0 Å². The molecule has 0 radical (unpaired) electrons. The number of aromatic nitrogens is 1. The monoisotopic (exact) mass is 381 g/mol. The van der Waals surface area contributed by atoms with Crippen molar-refractivity contribution in [2.24, 2.45) is 0 Å². The molecule has 0 N–H and O–H groups in total. The summed E-state index contributed by atoms with van der Waals surface area (Å²) in [5.41, 5.74) is 1.15. The molecule has 0 aliphatic rings. The zero-order valence-corrected chi connectivity index (χ0v) is 14.8. The third-order valence-corrected chi connectivity index (χ3v) is 4.30. The Hall–Kier alpha value is -2.47. The van der Waals surface area contributed by atoms with Gasteiger partial charge in [-0.15, -0.1) is 0 Å². The lowest BCUT2D eigenvalue weighted by molar-refractivity contribution is -0.137. The highest BCUT2D eigenvalue weighted by molar-refractivity contribution is 6.31. The van der Waals surface area contributed by atoms with Gasteiger partial charge in [-0.1, -0.05) is 23.7 Å². The van der Waals surface area contributed by atoms with Crippen molar-refractivity contribution in [3.05, 3.63) is 64.3 Å². The molecule has 2 aromatic carbocycles. The van der Waals surface area contributed by atoms with Gasteiger partial charge >= 0.3 is 12.1 Å². The van der Waals surface area contributed by atoms with E-state index in [9.17, 15) is 18.0 Å². The molecule has 0 fully saturated rings. The molecule has 1 aromatic heterocycles. The van der Waals surface area contributed by atoms with E-state index in [0.717, 1.165) is 17.6 Å².